The smallest absolute Gasteiger partial charge is 0.166 e. The summed E-state index contributed by atoms with van der Waals surface area (Å²) in [6.45, 7) is 9.76. The van der Waals surface area contributed by atoms with E-state index in [1.54, 1.807) is 16.7 Å². The van der Waals surface area contributed by atoms with Crippen LogP contribution in [-0.4, -0.2) is 17.6 Å². The van der Waals surface area contributed by atoms with Crippen LogP contribution in [0.25, 0.3) is 6.08 Å². The molecule has 1 rings (SSSR count). The van der Waals surface area contributed by atoms with Crippen molar-refractivity contribution >= 4 is 24.9 Å². The van der Waals surface area contributed by atoms with E-state index in [-0.39, 0.29) is 0 Å². The predicted molar refractivity (Wildman–Crippen MR) is 54.8 cm³/mol. The number of hydrogen-bond donors (Lipinski definition) is 0. The SMILES string of the molecule is C=Cc1cc(C=O)n(CC)c1N=C. The zero-order chi connectivity index (χ0) is 9.84. The standard InChI is InChI=1S/C10H12N2O/c1-4-8-6-9(7-13)12(5-2)10(8)11-3/h4,6-7H,1,3,5H2,2H3. The molecule has 1 aromatic rings. The Kier molecular flexibility index (Phi) is 2.80. The van der Waals surface area contributed by atoms with Crippen molar-refractivity contribution in [1.29, 1.82) is 0 Å². The number of nitrogens with zero attached hydrogens (tertiary/aromatic N) is 2. The van der Waals surface area contributed by atoms with Gasteiger partial charge in [0, 0.05) is 12.1 Å². The summed E-state index contributed by atoms with van der Waals surface area (Å²) >= 11 is 0. The van der Waals surface area contributed by atoms with E-state index in [0.29, 0.717) is 18.1 Å². The summed E-state index contributed by atoms with van der Waals surface area (Å²) in [5.74, 6) is 0.708. The van der Waals surface area contributed by atoms with Crippen LogP contribution in [-0.2, 0) is 6.54 Å². The van der Waals surface area contributed by atoms with Gasteiger partial charge in [0.05, 0.1) is 5.69 Å². The van der Waals surface area contributed by atoms with Gasteiger partial charge in [-0.2, -0.15) is 0 Å². The van der Waals surface area contributed by atoms with Crippen molar-refractivity contribution in [2.45, 2.75) is 13.5 Å². The quantitative estimate of drug-likeness (QED) is 0.512. The van der Waals surface area contributed by atoms with Crippen LogP contribution in [0.15, 0.2) is 17.6 Å². The van der Waals surface area contributed by atoms with Gasteiger partial charge >= 0.3 is 0 Å². The van der Waals surface area contributed by atoms with E-state index in [1.807, 2.05) is 6.92 Å². The highest BCUT2D eigenvalue weighted by Gasteiger charge is 2.09. The molecule has 0 aliphatic heterocycles. The number of aldehydes is 1. The molecule has 0 aromatic carbocycles. The van der Waals surface area contributed by atoms with Crippen molar-refractivity contribution in [2.24, 2.45) is 4.99 Å². The maximum Gasteiger partial charge on any atom is 0.166 e. The Morgan fingerprint density at radius 1 is 1.69 bits per heavy atom. The molecule has 0 bridgehead atoms. The first-order valence-electron chi connectivity index (χ1n) is 4.06. The fourth-order valence-corrected chi connectivity index (χ4v) is 1.34. The molecule has 0 saturated carbocycles. The minimum Gasteiger partial charge on any atom is -0.323 e. The topological polar surface area (TPSA) is 34.4 Å². The molecular weight excluding hydrogens is 164 g/mol. The highest BCUT2D eigenvalue weighted by atomic mass is 16.1. The Balaban J connectivity index is 3.41. The van der Waals surface area contributed by atoms with Gasteiger partial charge in [0.2, 0.25) is 0 Å². The summed E-state index contributed by atoms with van der Waals surface area (Å²) in [6, 6.07) is 1.76. The van der Waals surface area contributed by atoms with Gasteiger partial charge in [-0.25, -0.2) is 4.99 Å². The first kappa shape index (κ1) is 9.45. The molecule has 13 heavy (non-hydrogen) atoms. The third kappa shape index (κ3) is 1.45. The van der Waals surface area contributed by atoms with Gasteiger partial charge in [-0.3, -0.25) is 4.79 Å². The normalized spacial score (nSPS) is 9.62. The van der Waals surface area contributed by atoms with Crippen LogP contribution < -0.4 is 0 Å². The summed E-state index contributed by atoms with van der Waals surface area (Å²) in [7, 11) is 0. The predicted octanol–water partition coefficient (Wildman–Crippen LogP) is 2.30. The molecule has 68 valence electrons. The number of carbonyl (C=O) groups is 1. The van der Waals surface area contributed by atoms with Crippen molar-refractivity contribution in [3.05, 3.63) is 23.9 Å². The lowest BCUT2D eigenvalue weighted by molar-refractivity contribution is 0.111. The molecule has 0 unspecified atom stereocenters. The number of rotatable bonds is 4. The Labute approximate surface area is 77.4 Å². The van der Waals surface area contributed by atoms with Crippen molar-refractivity contribution < 1.29 is 4.79 Å². The number of aromatic nitrogens is 1. The summed E-state index contributed by atoms with van der Waals surface area (Å²) in [4.78, 5) is 14.5. The molecule has 0 saturated heterocycles. The largest absolute Gasteiger partial charge is 0.323 e. The highest BCUT2D eigenvalue weighted by Crippen LogP contribution is 2.24. The van der Waals surface area contributed by atoms with Crippen LogP contribution in [0, 0.1) is 0 Å². The second kappa shape index (κ2) is 3.85. The molecular formula is C10H12N2O. The molecule has 3 nitrogen and oxygen atoms in total. The summed E-state index contributed by atoms with van der Waals surface area (Å²) < 4.78 is 1.80. The zero-order valence-corrected chi connectivity index (χ0v) is 7.66. The van der Waals surface area contributed by atoms with Crippen LogP contribution in [0.5, 0.6) is 0 Å². The van der Waals surface area contributed by atoms with Crippen LogP contribution in [0.2, 0.25) is 0 Å². The maximum absolute atomic E-state index is 10.7. The van der Waals surface area contributed by atoms with Gasteiger partial charge in [0.1, 0.15) is 5.82 Å². The van der Waals surface area contributed by atoms with Crippen molar-refractivity contribution in [3.63, 3.8) is 0 Å². The number of aliphatic imine (C=N–C) groups is 1. The Hall–Kier alpha value is -1.64. The van der Waals surface area contributed by atoms with Crippen molar-refractivity contribution in [2.75, 3.05) is 0 Å². The molecule has 0 amide bonds. The Bertz CT molecular complexity index is 350. The van der Waals surface area contributed by atoms with Gasteiger partial charge in [0.25, 0.3) is 0 Å². The zero-order valence-electron chi connectivity index (χ0n) is 7.66. The van der Waals surface area contributed by atoms with Gasteiger partial charge in [-0.15, -0.1) is 0 Å². The minimum atomic E-state index is 0.611. The highest BCUT2D eigenvalue weighted by molar-refractivity contribution is 5.79. The molecule has 0 radical (unpaired) electrons. The average molecular weight is 176 g/mol. The van der Waals surface area contributed by atoms with Crippen LogP contribution >= 0.6 is 0 Å². The van der Waals surface area contributed by atoms with E-state index in [0.717, 1.165) is 11.8 Å². The minimum absolute atomic E-state index is 0.611. The van der Waals surface area contributed by atoms with Crippen molar-refractivity contribution in [3.8, 4) is 0 Å². The molecule has 1 heterocycles. The van der Waals surface area contributed by atoms with Crippen LogP contribution in [0.1, 0.15) is 23.0 Å². The van der Waals surface area contributed by atoms with E-state index in [4.69, 9.17) is 0 Å². The summed E-state index contributed by atoms with van der Waals surface area (Å²) in [5.41, 5.74) is 1.46. The molecule has 1 aromatic heterocycles. The van der Waals surface area contributed by atoms with E-state index in [1.165, 1.54) is 0 Å². The fourth-order valence-electron chi connectivity index (χ4n) is 1.34. The first-order valence-corrected chi connectivity index (χ1v) is 4.06. The van der Waals surface area contributed by atoms with Gasteiger partial charge in [0.15, 0.2) is 6.29 Å². The number of carbonyl (C=O) groups excluding carboxylic acids is 1. The average Bonchev–Trinajstić information content (AvgIpc) is 2.54. The third-order valence-corrected chi connectivity index (χ3v) is 1.94. The number of hydrogen-bond acceptors (Lipinski definition) is 2. The molecule has 0 atom stereocenters. The van der Waals surface area contributed by atoms with Gasteiger partial charge < -0.3 is 4.57 Å². The molecule has 0 fully saturated rings. The second-order valence-corrected chi connectivity index (χ2v) is 2.57. The van der Waals surface area contributed by atoms with Crippen LogP contribution in [0.4, 0.5) is 5.82 Å². The Morgan fingerprint density at radius 2 is 2.38 bits per heavy atom. The van der Waals surface area contributed by atoms with E-state index < -0.39 is 0 Å². The summed E-state index contributed by atoms with van der Waals surface area (Å²) in [6.07, 6.45) is 2.48. The fraction of sp³-hybridized carbons (Fsp3) is 0.200. The monoisotopic (exact) mass is 176 g/mol. The first-order chi connectivity index (χ1) is 6.28. The lowest BCUT2D eigenvalue weighted by Gasteiger charge is -2.03. The van der Waals surface area contributed by atoms with E-state index in [9.17, 15) is 4.79 Å². The Morgan fingerprint density at radius 3 is 2.77 bits per heavy atom. The second-order valence-electron chi connectivity index (χ2n) is 2.57. The summed E-state index contributed by atoms with van der Waals surface area (Å²) in [5, 5.41) is 0. The van der Waals surface area contributed by atoms with Crippen LogP contribution in [0.3, 0.4) is 0 Å². The molecule has 0 spiro atoms. The lowest BCUT2D eigenvalue weighted by Crippen LogP contribution is -1.98. The van der Waals surface area contributed by atoms with Gasteiger partial charge in [-0.05, 0) is 19.7 Å². The molecule has 3 heteroatoms. The van der Waals surface area contributed by atoms with E-state index >= 15 is 0 Å². The maximum atomic E-state index is 10.7. The molecule has 0 aliphatic rings. The lowest BCUT2D eigenvalue weighted by atomic mass is 10.3. The third-order valence-electron chi connectivity index (χ3n) is 1.94. The molecule has 0 N–H and O–H groups in total. The van der Waals surface area contributed by atoms with Crippen molar-refractivity contribution in [1.82, 2.24) is 4.57 Å². The van der Waals surface area contributed by atoms with E-state index in [2.05, 4.69) is 18.3 Å². The van der Waals surface area contributed by atoms with Gasteiger partial charge in [-0.1, -0.05) is 12.7 Å². The molecule has 0 aliphatic carbocycles.